The SMILES string of the molecule is COc1ccc(NC(=O)c2c(NC(=O)[C@@H]3[C@H](C(=O)O)[C@H]4C=C[C@H]3CC4)sc3c2CCC3)c(OC)c1. The van der Waals surface area contributed by atoms with Gasteiger partial charge in [-0.1, -0.05) is 12.2 Å². The molecule has 2 amide bonds. The average Bonchev–Trinajstić information content (AvgIpc) is 3.45. The highest BCUT2D eigenvalue weighted by atomic mass is 32.1. The van der Waals surface area contributed by atoms with Crippen molar-refractivity contribution in [2.24, 2.45) is 23.7 Å². The minimum Gasteiger partial charge on any atom is -0.497 e. The lowest BCUT2D eigenvalue weighted by molar-refractivity contribution is -0.151. The number of benzene rings is 1. The van der Waals surface area contributed by atoms with Gasteiger partial charge in [0.1, 0.15) is 16.5 Å². The third-order valence-corrected chi connectivity index (χ3v) is 8.59. The number of carbonyl (C=O) groups is 3. The molecule has 0 saturated heterocycles. The van der Waals surface area contributed by atoms with E-state index >= 15 is 0 Å². The van der Waals surface area contributed by atoms with E-state index in [1.807, 2.05) is 12.2 Å². The van der Waals surface area contributed by atoms with Crippen LogP contribution in [0.3, 0.4) is 0 Å². The molecular weight excluding hydrogens is 468 g/mol. The van der Waals surface area contributed by atoms with E-state index in [0.29, 0.717) is 27.8 Å². The van der Waals surface area contributed by atoms with Gasteiger partial charge in [0.05, 0.1) is 37.3 Å². The lowest BCUT2D eigenvalue weighted by atomic mass is 9.62. The van der Waals surface area contributed by atoms with Gasteiger partial charge in [-0.15, -0.1) is 11.3 Å². The molecule has 35 heavy (non-hydrogen) atoms. The smallest absolute Gasteiger partial charge is 0.307 e. The minimum absolute atomic E-state index is 0.103. The normalized spacial score (nSPS) is 24.1. The van der Waals surface area contributed by atoms with Crippen molar-refractivity contribution in [3.8, 4) is 11.5 Å². The van der Waals surface area contributed by atoms with Crippen molar-refractivity contribution >= 4 is 39.8 Å². The number of methoxy groups -OCH3 is 2. The topological polar surface area (TPSA) is 114 Å². The molecule has 1 fully saturated rings. The van der Waals surface area contributed by atoms with Crippen LogP contribution in [0.5, 0.6) is 11.5 Å². The number of amides is 2. The van der Waals surface area contributed by atoms with E-state index in [0.717, 1.165) is 42.5 Å². The van der Waals surface area contributed by atoms with Crippen molar-refractivity contribution in [3.63, 3.8) is 0 Å². The van der Waals surface area contributed by atoms with Gasteiger partial charge in [0.25, 0.3) is 5.91 Å². The predicted molar refractivity (Wildman–Crippen MR) is 132 cm³/mol. The predicted octanol–water partition coefficient (Wildman–Crippen LogP) is 4.36. The standard InChI is InChI=1S/C26H28N2O6S/c1-33-15-10-11-17(18(12-15)34-2)27-24(30)22-16-4-3-5-19(16)35-25(22)28-23(29)20-13-6-8-14(9-7-13)21(20)26(31)32/h6,8,10-14,20-21H,3-5,7,9H2,1-2H3,(H,27,30)(H,28,29)(H,31,32)/t13-,14-,20-,21+/m0/s1. The molecule has 1 aromatic carbocycles. The molecule has 0 unspecified atom stereocenters. The van der Waals surface area contributed by atoms with E-state index < -0.39 is 17.8 Å². The Kier molecular flexibility index (Phi) is 6.27. The number of thiophene rings is 1. The molecule has 8 nitrogen and oxygen atoms in total. The second-order valence-electron chi connectivity index (χ2n) is 9.25. The third kappa shape index (κ3) is 4.18. The van der Waals surface area contributed by atoms with Gasteiger partial charge in [-0.2, -0.15) is 0 Å². The monoisotopic (exact) mass is 496 g/mol. The molecule has 3 N–H and O–H groups in total. The number of anilines is 2. The van der Waals surface area contributed by atoms with E-state index in [-0.39, 0.29) is 23.7 Å². The maximum absolute atomic E-state index is 13.5. The fourth-order valence-corrected chi connectivity index (χ4v) is 6.99. The Morgan fingerprint density at radius 2 is 1.74 bits per heavy atom. The van der Waals surface area contributed by atoms with E-state index in [1.54, 1.807) is 25.3 Å². The Hall–Kier alpha value is -3.33. The zero-order valence-electron chi connectivity index (χ0n) is 19.6. The first-order chi connectivity index (χ1) is 16.9. The number of rotatable bonds is 7. The molecule has 4 aliphatic rings. The molecule has 2 bridgehead atoms. The van der Waals surface area contributed by atoms with Crippen LogP contribution in [0.4, 0.5) is 10.7 Å². The number of aryl methyl sites for hydroxylation is 1. The highest BCUT2D eigenvalue weighted by molar-refractivity contribution is 7.17. The summed E-state index contributed by atoms with van der Waals surface area (Å²) < 4.78 is 10.6. The molecule has 184 valence electrons. The number of fused-ring (bicyclic) bond motifs is 3. The van der Waals surface area contributed by atoms with Gasteiger partial charge in [0, 0.05) is 10.9 Å². The first kappa shape index (κ1) is 23.4. The Bertz CT molecular complexity index is 1220. The maximum atomic E-state index is 13.5. The van der Waals surface area contributed by atoms with Crippen LogP contribution in [-0.4, -0.2) is 37.1 Å². The molecule has 0 aliphatic heterocycles. The van der Waals surface area contributed by atoms with Crippen molar-refractivity contribution in [1.82, 2.24) is 0 Å². The van der Waals surface area contributed by atoms with Crippen molar-refractivity contribution in [2.45, 2.75) is 32.1 Å². The molecule has 9 heteroatoms. The lowest BCUT2D eigenvalue weighted by Crippen LogP contribution is -2.47. The number of nitrogens with one attached hydrogen (secondary N) is 2. The van der Waals surface area contributed by atoms with E-state index in [9.17, 15) is 19.5 Å². The number of carboxylic acids is 1. The number of aliphatic carboxylic acids is 1. The number of carbonyl (C=O) groups excluding carboxylic acids is 2. The molecule has 0 spiro atoms. The summed E-state index contributed by atoms with van der Waals surface area (Å²) in [6.07, 6.45) is 8.09. The molecule has 1 saturated carbocycles. The van der Waals surface area contributed by atoms with Gasteiger partial charge < -0.3 is 25.2 Å². The van der Waals surface area contributed by atoms with E-state index in [2.05, 4.69) is 10.6 Å². The molecule has 4 aliphatic carbocycles. The highest BCUT2D eigenvalue weighted by Gasteiger charge is 2.48. The van der Waals surface area contributed by atoms with Crippen LogP contribution in [0.2, 0.25) is 0 Å². The summed E-state index contributed by atoms with van der Waals surface area (Å²) in [5.74, 6) is -2.16. The first-order valence-corrected chi connectivity index (χ1v) is 12.6. The van der Waals surface area contributed by atoms with E-state index in [1.165, 1.54) is 18.4 Å². The van der Waals surface area contributed by atoms with Gasteiger partial charge in [0.2, 0.25) is 5.91 Å². The summed E-state index contributed by atoms with van der Waals surface area (Å²) in [6, 6.07) is 5.13. The molecule has 1 aromatic heterocycles. The quantitative estimate of drug-likeness (QED) is 0.491. The van der Waals surface area contributed by atoms with Crippen molar-refractivity contribution in [3.05, 3.63) is 46.4 Å². The number of ether oxygens (including phenoxy) is 2. The van der Waals surface area contributed by atoms with Gasteiger partial charge in [0.15, 0.2) is 0 Å². The van der Waals surface area contributed by atoms with Crippen LogP contribution >= 0.6 is 11.3 Å². The average molecular weight is 497 g/mol. The zero-order valence-corrected chi connectivity index (χ0v) is 20.4. The summed E-state index contributed by atoms with van der Waals surface area (Å²) in [5.41, 5.74) is 1.90. The summed E-state index contributed by atoms with van der Waals surface area (Å²) in [5, 5.41) is 16.2. The molecule has 6 rings (SSSR count). The Morgan fingerprint density at radius 3 is 2.40 bits per heavy atom. The van der Waals surface area contributed by atoms with Crippen LogP contribution in [0.25, 0.3) is 0 Å². The Balaban J connectivity index is 1.43. The summed E-state index contributed by atoms with van der Waals surface area (Å²) >= 11 is 1.42. The molecular formula is C26H28N2O6S. The summed E-state index contributed by atoms with van der Waals surface area (Å²) in [7, 11) is 3.07. The van der Waals surface area contributed by atoms with Crippen LogP contribution in [-0.2, 0) is 22.4 Å². The van der Waals surface area contributed by atoms with Crippen LogP contribution in [0.1, 0.15) is 40.1 Å². The molecule has 2 aromatic rings. The number of hydrogen-bond donors (Lipinski definition) is 3. The van der Waals surface area contributed by atoms with Crippen molar-refractivity contribution in [1.29, 1.82) is 0 Å². The lowest BCUT2D eigenvalue weighted by Gasteiger charge is -2.41. The fourth-order valence-electron chi connectivity index (χ4n) is 5.70. The van der Waals surface area contributed by atoms with Crippen LogP contribution < -0.4 is 20.1 Å². The zero-order chi connectivity index (χ0) is 24.7. The van der Waals surface area contributed by atoms with E-state index in [4.69, 9.17) is 9.47 Å². The second kappa shape index (κ2) is 9.37. The van der Waals surface area contributed by atoms with Crippen molar-refractivity contribution in [2.75, 3.05) is 24.9 Å². The van der Waals surface area contributed by atoms with Gasteiger partial charge >= 0.3 is 5.97 Å². The van der Waals surface area contributed by atoms with Crippen LogP contribution in [0.15, 0.2) is 30.4 Å². The van der Waals surface area contributed by atoms with Crippen LogP contribution in [0, 0.1) is 23.7 Å². The second-order valence-corrected chi connectivity index (χ2v) is 10.4. The van der Waals surface area contributed by atoms with Gasteiger partial charge in [-0.05, 0) is 61.6 Å². The summed E-state index contributed by atoms with van der Waals surface area (Å²) in [4.78, 5) is 40.0. The molecule has 4 atom stereocenters. The number of carboxylic acid groups (broad SMARTS) is 1. The number of allylic oxidation sites excluding steroid dienone is 2. The Morgan fingerprint density at radius 1 is 1.00 bits per heavy atom. The number of hydrogen-bond acceptors (Lipinski definition) is 6. The van der Waals surface area contributed by atoms with Crippen molar-refractivity contribution < 1.29 is 29.0 Å². The first-order valence-electron chi connectivity index (χ1n) is 11.8. The fraction of sp³-hybridized carbons (Fsp3) is 0.423. The highest BCUT2D eigenvalue weighted by Crippen LogP contribution is 2.46. The Labute approximate surface area is 207 Å². The van der Waals surface area contributed by atoms with Gasteiger partial charge in [-0.3, -0.25) is 14.4 Å². The molecule has 0 radical (unpaired) electrons. The minimum atomic E-state index is -0.942. The third-order valence-electron chi connectivity index (χ3n) is 7.38. The largest absolute Gasteiger partial charge is 0.497 e. The van der Waals surface area contributed by atoms with Gasteiger partial charge in [-0.25, -0.2) is 0 Å². The summed E-state index contributed by atoms with van der Waals surface area (Å²) in [6.45, 7) is 0. The molecule has 1 heterocycles. The maximum Gasteiger partial charge on any atom is 0.307 e.